The molecule has 14 heavy (non-hydrogen) atoms. The molecule has 1 aromatic rings. The quantitative estimate of drug-likeness (QED) is 0.768. The number of rotatable bonds is 2. The van der Waals surface area contributed by atoms with Gasteiger partial charge in [-0.3, -0.25) is 4.79 Å². The van der Waals surface area contributed by atoms with Crippen LogP contribution in [-0.2, 0) is 0 Å². The molecule has 1 rings (SSSR count). The fraction of sp³-hybridized carbons (Fsp3) is 0.300. The zero-order valence-corrected chi connectivity index (χ0v) is 8.44. The van der Waals surface area contributed by atoms with Gasteiger partial charge in [0.05, 0.1) is 12.7 Å². The molecule has 0 atom stereocenters. The molecule has 76 valence electrons. The predicted octanol–water partition coefficient (Wildman–Crippen LogP) is 1.10. The summed E-state index contributed by atoms with van der Waals surface area (Å²) in [6, 6.07) is 4.59. The molecule has 0 saturated heterocycles. The van der Waals surface area contributed by atoms with Gasteiger partial charge in [0, 0.05) is 20.2 Å². The summed E-state index contributed by atoms with van der Waals surface area (Å²) in [5.74, 6) is 0.228. The Labute approximate surface area is 82.7 Å². The van der Waals surface area contributed by atoms with E-state index >= 15 is 0 Å². The van der Waals surface area contributed by atoms with Gasteiger partial charge in [0.15, 0.2) is 0 Å². The first-order chi connectivity index (χ1) is 6.56. The van der Waals surface area contributed by atoms with Crippen molar-refractivity contribution in [2.24, 2.45) is 0 Å². The lowest BCUT2D eigenvalue weighted by atomic mass is 10.1. The van der Waals surface area contributed by atoms with E-state index in [4.69, 9.17) is 4.74 Å². The topological polar surface area (TPSA) is 49.8 Å². The standard InChI is InChI=1S/C10H13NO3/c1-11(2)10(13)8-5-4-7(14-3)6-9(8)12/h4-6,12H,1-3H3. The third-order valence-electron chi connectivity index (χ3n) is 1.84. The average Bonchev–Trinajstić information content (AvgIpc) is 2.16. The van der Waals surface area contributed by atoms with Crippen molar-refractivity contribution in [1.82, 2.24) is 4.90 Å². The number of carbonyl (C=O) groups is 1. The van der Waals surface area contributed by atoms with Crippen LogP contribution in [0.15, 0.2) is 18.2 Å². The Kier molecular flexibility index (Phi) is 2.96. The number of benzene rings is 1. The first kappa shape index (κ1) is 10.4. The number of aromatic hydroxyl groups is 1. The number of methoxy groups -OCH3 is 1. The molecule has 0 aliphatic rings. The van der Waals surface area contributed by atoms with Crippen LogP contribution in [0.4, 0.5) is 0 Å². The van der Waals surface area contributed by atoms with Gasteiger partial charge in [-0.25, -0.2) is 0 Å². The molecule has 1 aromatic carbocycles. The number of hydrogen-bond acceptors (Lipinski definition) is 3. The van der Waals surface area contributed by atoms with Crippen LogP contribution < -0.4 is 4.74 Å². The molecule has 0 aromatic heterocycles. The van der Waals surface area contributed by atoms with Crippen LogP contribution in [0, 0.1) is 0 Å². The summed E-state index contributed by atoms with van der Waals surface area (Å²) in [7, 11) is 4.76. The molecule has 4 nitrogen and oxygen atoms in total. The third-order valence-corrected chi connectivity index (χ3v) is 1.84. The van der Waals surface area contributed by atoms with Gasteiger partial charge < -0.3 is 14.7 Å². The zero-order valence-electron chi connectivity index (χ0n) is 8.44. The van der Waals surface area contributed by atoms with Gasteiger partial charge in [-0.15, -0.1) is 0 Å². The molecule has 1 amide bonds. The van der Waals surface area contributed by atoms with Crippen LogP contribution >= 0.6 is 0 Å². The number of phenols is 1. The van der Waals surface area contributed by atoms with Crippen LogP contribution in [0.1, 0.15) is 10.4 Å². The van der Waals surface area contributed by atoms with Gasteiger partial charge in [-0.2, -0.15) is 0 Å². The summed E-state index contributed by atoms with van der Waals surface area (Å²) in [5.41, 5.74) is 0.274. The van der Waals surface area contributed by atoms with Crippen molar-refractivity contribution in [3.63, 3.8) is 0 Å². The second-order valence-electron chi connectivity index (χ2n) is 3.08. The van der Waals surface area contributed by atoms with Gasteiger partial charge in [0.2, 0.25) is 0 Å². The minimum Gasteiger partial charge on any atom is -0.507 e. The van der Waals surface area contributed by atoms with E-state index in [1.54, 1.807) is 20.2 Å². The first-order valence-corrected chi connectivity index (χ1v) is 4.15. The van der Waals surface area contributed by atoms with Crippen molar-refractivity contribution >= 4 is 5.91 Å². The second kappa shape index (κ2) is 4.00. The van der Waals surface area contributed by atoms with E-state index in [2.05, 4.69) is 0 Å². The van der Waals surface area contributed by atoms with Crippen molar-refractivity contribution in [3.05, 3.63) is 23.8 Å². The van der Waals surface area contributed by atoms with Gasteiger partial charge in [0.1, 0.15) is 11.5 Å². The van der Waals surface area contributed by atoms with E-state index < -0.39 is 0 Å². The maximum Gasteiger partial charge on any atom is 0.257 e. The smallest absolute Gasteiger partial charge is 0.257 e. The number of nitrogens with zero attached hydrogens (tertiary/aromatic N) is 1. The van der Waals surface area contributed by atoms with Crippen LogP contribution in [0.5, 0.6) is 11.5 Å². The Morgan fingerprint density at radius 1 is 1.43 bits per heavy atom. The summed E-state index contributed by atoms with van der Waals surface area (Å²) in [5, 5.41) is 9.51. The highest BCUT2D eigenvalue weighted by Gasteiger charge is 2.13. The molecule has 0 spiro atoms. The molecule has 0 heterocycles. The van der Waals surface area contributed by atoms with Gasteiger partial charge in [0.25, 0.3) is 5.91 Å². The molecular weight excluding hydrogens is 182 g/mol. The minimum absolute atomic E-state index is 0.0666. The Hall–Kier alpha value is -1.71. The van der Waals surface area contributed by atoms with Gasteiger partial charge in [-0.1, -0.05) is 0 Å². The van der Waals surface area contributed by atoms with Crippen LogP contribution in [0.25, 0.3) is 0 Å². The molecule has 4 heteroatoms. The largest absolute Gasteiger partial charge is 0.507 e. The van der Waals surface area contributed by atoms with E-state index in [1.165, 1.54) is 24.1 Å². The number of amides is 1. The van der Waals surface area contributed by atoms with Crippen molar-refractivity contribution in [2.45, 2.75) is 0 Å². The molecule has 0 bridgehead atoms. The fourth-order valence-corrected chi connectivity index (χ4v) is 1.06. The first-order valence-electron chi connectivity index (χ1n) is 4.15. The van der Waals surface area contributed by atoms with Gasteiger partial charge in [-0.05, 0) is 12.1 Å². The molecular formula is C10H13NO3. The van der Waals surface area contributed by atoms with Gasteiger partial charge >= 0.3 is 0 Å². The summed E-state index contributed by atoms with van der Waals surface area (Å²) in [6.07, 6.45) is 0. The second-order valence-corrected chi connectivity index (χ2v) is 3.08. The van der Waals surface area contributed by atoms with Crippen molar-refractivity contribution in [3.8, 4) is 11.5 Å². The molecule has 0 aliphatic heterocycles. The molecule has 0 aliphatic carbocycles. The van der Waals surface area contributed by atoms with E-state index in [1.807, 2.05) is 0 Å². The highest BCUT2D eigenvalue weighted by Crippen LogP contribution is 2.23. The van der Waals surface area contributed by atoms with Crippen molar-refractivity contribution in [1.29, 1.82) is 0 Å². The SMILES string of the molecule is COc1ccc(C(=O)N(C)C)c(O)c1. The lowest BCUT2D eigenvalue weighted by Crippen LogP contribution is -2.21. The Morgan fingerprint density at radius 2 is 2.07 bits per heavy atom. The zero-order chi connectivity index (χ0) is 10.7. The molecule has 1 N–H and O–H groups in total. The number of ether oxygens (including phenoxy) is 1. The van der Waals surface area contributed by atoms with E-state index in [0.717, 1.165) is 0 Å². The van der Waals surface area contributed by atoms with E-state index in [9.17, 15) is 9.90 Å². The number of carbonyl (C=O) groups excluding carboxylic acids is 1. The maximum absolute atomic E-state index is 11.5. The predicted molar refractivity (Wildman–Crippen MR) is 52.7 cm³/mol. The molecule has 0 fully saturated rings. The maximum atomic E-state index is 11.5. The van der Waals surface area contributed by atoms with E-state index in [-0.39, 0.29) is 17.2 Å². The lowest BCUT2D eigenvalue weighted by molar-refractivity contribution is 0.0824. The Morgan fingerprint density at radius 3 is 2.50 bits per heavy atom. The van der Waals surface area contributed by atoms with Crippen molar-refractivity contribution in [2.75, 3.05) is 21.2 Å². The Bertz CT molecular complexity index is 347. The highest BCUT2D eigenvalue weighted by atomic mass is 16.5. The summed E-state index contributed by atoms with van der Waals surface area (Å²) >= 11 is 0. The van der Waals surface area contributed by atoms with E-state index in [0.29, 0.717) is 5.75 Å². The van der Waals surface area contributed by atoms with Crippen LogP contribution in [-0.4, -0.2) is 37.1 Å². The third kappa shape index (κ3) is 1.96. The Balaban J connectivity index is 3.06. The van der Waals surface area contributed by atoms with Crippen LogP contribution in [0.2, 0.25) is 0 Å². The lowest BCUT2D eigenvalue weighted by Gasteiger charge is -2.11. The monoisotopic (exact) mass is 195 g/mol. The van der Waals surface area contributed by atoms with Crippen LogP contribution in [0.3, 0.4) is 0 Å². The molecule has 0 saturated carbocycles. The summed E-state index contributed by atoms with van der Waals surface area (Å²) in [6.45, 7) is 0. The minimum atomic E-state index is -0.231. The average molecular weight is 195 g/mol. The van der Waals surface area contributed by atoms with Crippen molar-refractivity contribution < 1.29 is 14.6 Å². The summed E-state index contributed by atoms with van der Waals surface area (Å²) in [4.78, 5) is 12.9. The highest BCUT2D eigenvalue weighted by molar-refractivity contribution is 5.96. The molecule has 0 radical (unpaired) electrons. The molecule has 0 unspecified atom stereocenters. The normalized spacial score (nSPS) is 9.64. The summed E-state index contributed by atoms with van der Waals surface area (Å²) < 4.78 is 4.91. The number of hydrogen-bond donors (Lipinski definition) is 1. The number of phenolic OH excluding ortho intramolecular Hbond substituents is 1. The fourth-order valence-electron chi connectivity index (χ4n) is 1.06.